The summed E-state index contributed by atoms with van der Waals surface area (Å²) in [5, 5.41) is 0. The largest absolute Gasteiger partial charge is 0.460 e. The van der Waals surface area contributed by atoms with E-state index >= 15 is 0 Å². The molecular weight excluding hydrogens is 337 g/mol. The summed E-state index contributed by atoms with van der Waals surface area (Å²) < 4.78 is 30.8. The second-order valence-electron chi connectivity index (χ2n) is 5.88. The predicted molar refractivity (Wildman–Crippen MR) is 90.9 cm³/mol. The van der Waals surface area contributed by atoms with Gasteiger partial charge in [-0.05, 0) is 24.3 Å². The lowest BCUT2D eigenvalue weighted by Gasteiger charge is -2.28. The molecule has 0 spiro atoms. The lowest BCUT2D eigenvalue weighted by atomic mass is 10.1. The van der Waals surface area contributed by atoms with Crippen LogP contribution in [0, 0.1) is 5.82 Å². The van der Waals surface area contributed by atoms with Crippen molar-refractivity contribution in [1.29, 1.82) is 0 Å². The minimum Gasteiger partial charge on any atom is -0.460 e. The van der Waals surface area contributed by atoms with Gasteiger partial charge in [0, 0.05) is 22.9 Å². The summed E-state index contributed by atoms with van der Waals surface area (Å²) in [6, 6.07) is 15.5. The number of hydrogen-bond donors (Lipinski definition) is 1. The highest BCUT2D eigenvalue weighted by Gasteiger charge is 2.25. The van der Waals surface area contributed by atoms with Crippen LogP contribution in [0.5, 0.6) is 5.75 Å². The Morgan fingerprint density at radius 1 is 1.19 bits per heavy atom. The molecule has 1 aliphatic rings. The van der Waals surface area contributed by atoms with Gasteiger partial charge in [0.25, 0.3) is 0 Å². The van der Waals surface area contributed by atoms with Crippen molar-refractivity contribution in [3.63, 3.8) is 0 Å². The van der Waals surface area contributed by atoms with Crippen molar-refractivity contribution >= 4 is 5.97 Å². The van der Waals surface area contributed by atoms with Crippen LogP contribution in [0.15, 0.2) is 60.8 Å². The number of H-pyrrole nitrogens is 1. The average Bonchev–Trinajstić information content (AvgIpc) is 3.21. The van der Waals surface area contributed by atoms with E-state index in [1.807, 2.05) is 30.3 Å². The number of esters is 1. The maximum Gasteiger partial charge on any atom is 0.355 e. The van der Waals surface area contributed by atoms with Crippen LogP contribution in [0.4, 0.5) is 4.39 Å². The molecule has 1 aromatic heterocycles. The van der Waals surface area contributed by atoms with Crippen molar-refractivity contribution in [2.45, 2.75) is 19.5 Å². The Balaban J connectivity index is 1.56. The summed E-state index contributed by atoms with van der Waals surface area (Å²) in [5.74, 6) is -0.453. The van der Waals surface area contributed by atoms with E-state index < -0.39 is 18.1 Å². The SMILES string of the molecule is O=C(OCc1cc(F)cc2c1O[C@H](c1ccccc1)OC2)c1ccc[nH]1. The van der Waals surface area contributed by atoms with Crippen LogP contribution in [0.2, 0.25) is 0 Å². The summed E-state index contributed by atoms with van der Waals surface area (Å²) in [5.41, 5.74) is 2.24. The van der Waals surface area contributed by atoms with Crippen molar-refractivity contribution in [2.75, 3.05) is 0 Å². The van der Waals surface area contributed by atoms with Gasteiger partial charge in [0.05, 0.1) is 6.61 Å². The molecule has 26 heavy (non-hydrogen) atoms. The zero-order chi connectivity index (χ0) is 17.9. The highest BCUT2D eigenvalue weighted by atomic mass is 19.1. The van der Waals surface area contributed by atoms with Gasteiger partial charge in [0.1, 0.15) is 23.9 Å². The molecule has 3 aromatic rings. The number of rotatable bonds is 4. The highest BCUT2D eigenvalue weighted by molar-refractivity contribution is 5.87. The van der Waals surface area contributed by atoms with Crippen molar-refractivity contribution in [1.82, 2.24) is 4.98 Å². The van der Waals surface area contributed by atoms with Crippen LogP contribution in [0.25, 0.3) is 0 Å². The monoisotopic (exact) mass is 353 g/mol. The molecule has 0 amide bonds. The summed E-state index contributed by atoms with van der Waals surface area (Å²) in [6.45, 7) is 0.115. The minimum absolute atomic E-state index is 0.0978. The van der Waals surface area contributed by atoms with Crippen LogP contribution in [-0.2, 0) is 22.7 Å². The Labute approximate surface area is 149 Å². The van der Waals surface area contributed by atoms with Gasteiger partial charge in [0.15, 0.2) is 0 Å². The molecule has 0 saturated heterocycles. The van der Waals surface area contributed by atoms with Crippen molar-refractivity contribution in [3.05, 3.63) is 89.0 Å². The van der Waals surface area contributed by atoms with Crippen LogP contribution in [-0.4, -0.2) is 11.0 Å². The third-order valence-electron chi connectivity index (χ3n) is 4.07. The molecule has 4 rings (SSSR count). The summed E-state index contributed by atoms with van der Waals surface area (Å²) in [6.07, 6.45) is 1.04. The van der Waals surface area contributed by atoms with Gasteiger partial charge in [0.2, 0.25) is 6.29 Å². The fourth-order valence-corrected chi connectivity index (χ4v) is 2.84. The predicted octanol–water partition coefficient (Wildman–Crippen LogP) is 4.12. The van der Waals surface area contributed by atoms with E-state index in [-0.39, 0.29) is 13.2 Å². The number of hydrogen-bond acceptors (Lipinski definition) is 4. The topological polar surface area (TPSA) is 60.6 Å². The number of carbonyl (C=O) groups excluding carboxylic acids is 1. The van der Waals surface area contributed by atoms with Gasteiger partial charge >= 0.3 is 5.97 Å². The first-order chi connectivity index (χ1) is 12.7. The maximum atomic E-state index is 13.9. The molecule has 132 valence electrons. The van der Waals surface area contributed by atoms with Gasteiger partial charge in [-0.15, -0.1) is 0 Å². The first-order valence-corrected chi connectivity index (χ1v) is 8.16. The fourth-order valence-electron chi connectivity index (χ4n) is 2.84. The van der Waals surface area contributed by atoms with Crippen LogP contribution >= 0.6 is 0 Å². The molecule has 5 nitrogen and oxygen atoms in total. The van der Waals surface area contributed by atoms with Gasteiger partial charge in [-0.25, -0.2) is 9.18 Å². The molecule has 0 saturated carbocycles. The lowest BCUT2D eigenvalue weighted by Crippen LogP contribution is -2.20. The van der Waals surface area contributed by atoms with E-state index in [9.17, 15) is 9.18 Å². The fraction of sp³-hybridized carbons (Fsp3) is 0.150. The number of benzene rings is 2. The number of aromatic nitrogens is 1. The standard InChI is InChI=1S/C20H16FNO4/c21-16-9-14(11-24-19(23)17-7-4-8-22-17)18-15(10-16)12-25-20(26-18)13-5-2-1-3-6-13/h1-10,20,22H,11-12H2/t20-/m1/s1. The zero-order valence-corrected chi connectivity index (χ0v) is 13.8. The molecule has 0 aliphatic carbocycles. The van der Waals surface area contributed by atoms with Crippen molar-refractivity contribution in [2.24, 2.45) is 0 Å². The number of fused-ring (bicyclic) bond motifs is 1. The summed E-state index contributed by atoms with van der Waals surface area (Å²) in [4.78, 5) is 14.8. The van der Waals surface area contributed by atoms with Crippen molar-refractivity contribution in [3.8, 4) is 5.75 Å². The normalized spacial score (nSPS) is 15.8. The number of halogens is 1. The highest BCUT2D eigenvalue weighted by Crippen LogP contribution is 2.36. The first kappa shape index (κ1) is 16.4. The summed E-state index contributed by atoms with van der Waals surface area (Å²) >= 11 is 0. The second-order valence-corrected chi connectivity index (χ2v) is 5.88. The van der Waals surface area contributed by atoms with E-state index in [2.05, 4.69) is 4.98 Å². The Bertz CT molecular complexity index is 909. The quantitative estimate of drug-likeness (QED) is 0.717. The summed E-state index contributed by atoms with van der Waals surface area (Å²) in [7, 11) is 0. The van der Waals surface area contributed by atoms with E-state index in [4.69, 9.17) is 14.2 Å². The van der Waals surface area contributed by atoms with Crippen LogP contribution in [0.1, 0.15) is 33.5 Å². The molecule has 1 aliphatic heterocycles. The molecule has 2 heterocycles. The molecule has 1 atom stereocenters. The van der Waals surface area contributed by atoms with Gasteiger partial charge in [-0.2, -0.15) is 0 Å². The van der Waals surface area contributed by atoms with Crippen molar-refractivity contribution < 1.29 is 23.4 Å². The average molecular weight is 353 g/mol. The van der Waals surface area contributed by atoms with Crippen LogP contribution < -0.4 is 4.74 Å². The van der Waals surface area contributed by atoms with Gasteiger partial charge in [-0.3, -0.25) is 0 Å². The molecule has 0 unspecified atom stereocenters. The molecule has 0 radical (unpaired) electrons. The molecule has 0 bridgehead atoms. The third-order valence-corrected chi connectivity index (χ3v) is 4.07. The Morgan fingerprint density at radius 3 is 2.81 bits per heavy atom. The van der Waals surface area contributed by atoms with Crippen LogP contribution in [0.3, 0.4) is 0 Å². The van der Waals surface area contributed by atoms with E-state index in [0.29, 0.717) is 22.6 Å². The third kappa shape index (κ3) is 3.32. The number of carbonyl (C=O) groups is 1. The van der Waals surface area contributed by atoms with Gasteiger partial charge in [-0.1, -0.05) is 30.3 Å². The number of ether oxygens (including phenoxy) is 3. The maximum absolute atomic E-state index is 13.9. The van der Waals surface area contributed by atoms with E-state index in [0.717, 1.165) is 5.56 Å². The zero-order valence-electron chi connectivity index (χ0n) is 13.8. The molecule has 0 fully saturated rings. The molecule has 1 N–H and O–H groups in total. The minimum atomic E-state index is -0.591. The molecular formula is C20H16FNO4. The Kier molecular flexibility index (Phi) is 4.41. The number of aromatic amines is 1. The molecule has 6 heteroatoms. The van der Waals surface area contributed by atoms with E-state index in [1.54, 1.807) is 18.3 Å². The Hall–Kier alpha value is -3.12. The lowest BCUT2D eigenvalue weighted by molar-refractivity contribution is -0.112. The van der Waals surface area contributed by atoms with Gasteiger partial charge < -0.3 is 19.2 Å². The smallest absolute Gasteiger partial charge is 0.355 e. The van der Waals surface area contributed by atoms with E-state index in [1.165, 1.54) is 12.1 Å². The first-order valence-electron chi connectivity index (χ1n) is 8.16. The number of nitrogens with one attached hydrogen (secondary N) is 1. The second kappa shape index (κ2) is 7.01. The molecule has 2 aromatic carbocycles. The Morgan fingerprint density at radius 2 is 2.04 bits per heavy atom.